The lowest BCUT2D eigenvalue weighted by Gasteiger charge is -2.28. The van der Waals surface area contributed by atoms with Gasteiger partial charge in [0.05, 0.1) is 12.2 Å². The van der Waals surface area contributed by atoms with Crippen LogP contribution in [0.25, 0.3) is 0 Å². The fourth-order valence-corrected chi connectivity index (χ4v) is 4.44. The van der Waals surface area contributed by atoms with Crippen molar-refractivity contribution in [3.63, 3.8) is 0 Å². The third-order valence-corrected chi connectivity index (χ3v) is 6.51. The summed E-state index contributed by atoms with van der Waals surface area (Å²) in [5, 5.41) is 10.5. The van der Waals surface area contributed by atoms with Crippen molar-refractivity contribution in [2.75, 3.05) is 6.61 Å². The molecular weight excluding hydrogens is 416 g/mol. The Labute approximate surface area is 188 Å². The van der Waals surface area contributed by atoms with Crippen LogP contribution in [0.5, 0.6) is 0 Å². The number of epoxide rings is 1. The van der Waals surface area contributed by atoms with Gasteiger partial charge in [0.2, 0.25) is 0 Å². The van der Waals surface area contributed by atoms with E-state index >= 15 is 0 Å². The van der Waals surface area contributed by atoms with Crippen molar-refractivity contribution in [1.29, 1.82) is 0 Å². The molecule has 0 saturated carbocycles. The van der Waals surface area contributed by atoms with Gasteiger partial charge in [-0.25, -0.2) is 4.79 Å². The lowest BCUT2D eigenvalue weighted by molar-refractivity contribution is -0.157. The molecule has 8 nitrogen and oxygen atoms in total. The van der Waals surface area contributed by atoms with Crippen LogP contribution >= 0.6 is 0 Å². The van der Waals surface area contributed by atoms with Crippen LogP contribution < -0.4 is 0 Å². The molecule has 3 aliphatic rings. The van der Waals surface area contributed by atoms with Crippen molar-refractivity contribution in [2.24, 2.45) is 5.92 Å². The second-order valence-corrected chi connectivity index (χ2v) is 8.91. The third-order valence-electron chi connectivity index (χ3n) is 6.51. The zero-order valence-corrected chi connectivity index (χ0v) is 19.1. The van der Waals surface area contributed by atoms with Crippen molar-refractivity contribution in [1.82, 2.24) is 0 Å². The zero-order chi connectivity index (χ0) is 23.6. The molecule has 0 amide bonds. The van der Waals surface area contributed by atoms with Gasteiger partial charge in [0, 0.05) is 25.3 Å². The summed E-state index contributed by atoms with van der Waals surface area (Å²) >= 11 is 0. The summed E-state index contributed by atoms with van der Waals surface area (Å²) in [7, 11) is 0. The smallest absolute Gasteiger partial charge is 0.334 e. The monoisotopic (exact) mass is 448 g/mol. The molecule has 0 unspecified atom stereocenters. The number of esters is 3. The number of aliphatic hydroxyl groups is 1. The predicted octanol–water partition coefficient (Wildman–Crippen LogP) is 2.54. The molecule has 2 saturated heterocycles. The molecule has 6 atom stereocenters. The van der Waals surface area contributed by atoms with Gasteiger partial charge < -0.3 is 24.1 Å². The van der Waals surface area contributed by atoms with E-state index in [1.54, 1.807) is 6.92 Å². The molecule has 2 heterocycles. The second kappa shape index (κ2) is 9.58. The van der Waals surface area contributed by atoms with Crippen LogP contribution in [0.15, 0.2) is 35.5 Å². The van der Waals surface area contributed by atoms with Crippen LogP contribution in [0.3, 0.4) is 0 Å². The topological polar surface area (TPSA) is 112 Å². The molecule has 2 fully saturated rings. The van der Waals surface area contributed by atoms with Gasteiger partial charge in [0.15, 0.2) is 6.10 Å². The Hall–Kier alpha value is -2.45. The molecule has 0 spiro atoms. The van der Waals surface area contributed by atoms with Gasteiger partial charge in [0.25, 0.3) is 0 Å². The molecule has 176 valence electrons. The number of fused-ring (bicyclic) bond motifs is 2. The minimum Gasteiger partial charge on any atom is -0.463 e. The van der Waals surface area contributed by atoms with E-state index in [0.29, 0.717) is 36.8 Å². The van der Waals surface area contributed by atoms with Crippen molar-refractivity contribution in [2.45, 2.75) is 83.4 Å². The van der Waals surface area contributed by atoms with Crippen LogP contribution in [0, 0.1) is 5.92 Å². The molecule has 8 heteroatoms. The lowest BCUT2D eigenvalue weighted by Crippen LogP contribution is -2.37. The van der Waals surface area contributed by atoms with Crippen molar-refractivity contribution in [3.05, 3.63) is 35.5 Å². The Bertz CT molecular complexity index is 856. The summed E-state index contributed by atoms with van der Waals surface area (Å²) in [6, 6.07) is 0. The van der Waals surface area contributed by atoms with Crippen molar-refractivity contribution < 1.29 is 38.4 Å². The standard InChI is InChI=1S/C24H32O8/c1-13-7-6-10-24(12-29-16(4)25)20(32-24)11-18-15(3)23(28)31-22(18)21(30-17(5)26)14(2)8-9-19(13)27/h7-8,18-22,27H,3,6,9-12H2,1-2,4-5H3/b13-7+,14-8+/t18-,19+,20-,21-,22-,24+/m0/s1. The van der Waals surface area contributed by atoms with E-state index in [2.05, 4.69) is 6.58 Å². The van der Waals surface area contributed by atoms with Gasteiger partial charge >= 0.3 is 17.9 Å². The van der Waals surface area contributed by atoms with Crippen LogP contribution in [-0.4, -0.2) is 59.6 Å². The Morgan fingerprint density at radius 2 is 1.94 bits per heavy atom. The Morgan fingerprint density at radius 3 is 2.59 bits per heavy atom. The number of aliphatic hydroxyl groups excluding tert-OH is 1. The van der Waals surface area contributed by atoms with Crippen LogP contribution in [0.2, 0.25) is 0 Å². The number of hydrogen-bond donors (Lipinski definition) is 1. The maximum absolute atomic E-state index is 12.4. The highest BCUT2D eigenvalue weighted by Crippen LogP contribution is 2.48. The molecule has 0 aromatic rings. The maximum Gasteiger partial charge on any atom is 0.334 e. The normalized spacial score (nSPS) is 38.6. The Balaban J connectivity index is 1.95. The van der Waals surface area contributed by atoms with E-state index < -0.39 is 47.7 Å². The number of carbonyl (C=O) groups is 3. The maximum atomic E-state index is 12.4. The summed E-state index contributed by atoms with van der Waals surface area (Å²) in [6.07, 6.45) is 3.23. The first kappa shape index (κ1) is 24.2. The van der Waals surface area contributed by atoms with E-state index in [-0.39, 0.29) is 12.7 Å². The van der Waals surface area contributed by atoms with Crippen molar-refractivity contribution in [3.8, 4) is 0 Å². The summed E-state index contributed by atoms with van der Waals surface area (Å²) in [5.41, 5.74) is 1.13. The average molecular weight is 449 g/mol. The van der Waals surface area contributed by atoms with Gasteiger partial charge in [-0.05, 0) is 50.7 Å². The summed E-state index contributed by atoms with van der Waals surface area (Å²) in [5.74, 6) is -1.85. The van der Waals surface area contributed by atoms with Crippen molar-refractivity contribution >= 4 is 17.9 Å². The highest BCUT2D eigenvalue weighted by atomic mass is 16.6. The van der Waals surface area contributed by atoms with E-state index in [1.807, 2.05) is 19.1 Å². The molecule has 1 aliphatic carbocycles. The van der Waals surface area contributed by atoms with Gasteiger partial charge in [-0.2, -0.15) is 0 Å². The van der Waals surface area contributed by atoms with Gasteiger partial charge in [-0.1, -0.05) is 18.7 Å². The molecule has 1 N–H and O–H groups in total. The number of allylic oxidation sites excluding steroid dienone is 1. The lowest BCUT2D eigenvalue weighted by atomic mass is 9.83. The zero-order valence-electron chi connectivity index (χ0n) is 19.1. The molecule has 0 aromatic heterocycles. The number of ether oxygens (including phenoxy) is 4. The first-order valence-corrected chi connectivity index (χ1v) is 10.9. The van der Waals surface area contributed by atoms with Crippen LogP contribution in [0.1, 0.15) is 53.4 Å². The van der Waals surface area contributed by atoms with E-state index in [9.17, 15) is 19.5 Å². The Kier molecular flexibility index (Phi) is 7.25. The number of hydrogen-bond acceptors (Lipinski definition) is 8. The SMILES string of the molecule is C=C1C(=O)O[C@H]2[C@H]1C[C@@H]1O[C@@]1(COC(C)=O)CC/C=C(\C)[C@H](O)C/C=C(\C)[C@@H]2OC(C)=O. The number of rotatable bonds is 3. The fraction of sp³-hybridized carbons (Fsp3) is 0.625. The van der Waals surface area contributed by atoms with Gasteiger partial charge in [0.1, 0.15) is 18.3 Å². The van der Waals surface area contributed by atoms with Gasteiger partial charge in [-0.15, -0.1) is 0 Å². The second-order valence-electron chi connectivity index (χ2n) is 8.91. The molecular formula is C24H32O8. The number of carbonyl (C=O) groups excluding carboxylic acids is 3. The highest BCUT2D eigenvalue weighted by Gasteiger charge is 2.59. The average Bonchev–Trinajstić information content (AvgIpc) is 3.33. The fourth-order valence-electron chi connectivity index (χ4n) is 4.44. The molecule has 3 rings (SSSR count). The minimum atomic E-state index is -0.804. The molecule has 0 aromatic carbocycles. The minimum absolute atomic E-state index is 0.105. The van der Waals surface area contributed by atoms with Crippen LogP contribution in [-0.2, 0) is 33.3 Å². The molecule has 0 bridgehead atoms. The first-order chi connectivity index (χ1) is 15.0. The van der Waals surface area contributed by atoms with Gasteiger partial charge in [-0.3, -0.25) is 9.59 Å². The Morgan fingerprint density at radius 1 is 1.22 bits per heavy atom. The summed E-state index contributed by atoms with van der Waals surface area (Å²) in [6.45, 7) is 10.3. The summed E-state index contributed by atoms with van der Waals surface area (Å²) < 4.78 is 22.4. The predicted molar refractivity (Wildman–Crippen MR) is 114 cm³/mol. The highest BCUT2D eigenvalue weighted by molar-refractivity contribution is 5.91. The molecule has 0 radical (unpaired) electrons. The molecule has 32 heavy (non-hydrogen) atoms. The quantitative estimate of drug-likeness (QED) is 0.231. The first-order valence-electron chi connectivity index (χ1n) is 10.9. The molecule has 2 aliphatic heterocycles. The van der Waals surface area contributed by atoms with E-state index in [4.69, 9.17) is 18.9 Å². The van der Waals surface area contributed by atoms with E-state index in [0.717, 1.165) is 5.57 Å². The summed E-state index contributed by atoms with van der Waals surface area (Å²) in [4.78, 5) is 35.6. The van der Waals surface area contributed by atoms with Crippen LogP contribution in [0.4, 0.5) is 0 Å². The van der Waals surface area contributed by atoms with E-state index in [1.165, 1.54) is 13.8 Å². The third kappa shape index (κ3) is 5.30. The largest absolute Gasteiger partial charge is 0.463 e.